The first-order valence-electron chi connectivity index (χ1n) is 8.50. The van der Waals surface area contributed by atoms with E-state index < -0.39 is 30.2 Å². The van der Waals surface area contributed by atoms with Crippen LogP contribution in [0.1, 0.15) is 15.9 Å². The fourth-order valence-corrected chi connectivity index (χ4v) is 2.30. The summed E-state index contributed by atoms with van der Waals surface area (Å²) in [6.07, 6.45) is -0.0752. The number of amides is 1. The molecule has 1 N–H and O–H groups in total. The van der Waals surface area contributed by atoms with E-state index >= 15 is 0 Å². The summed E-state index contributed by atoms with van der Waals surface area (Å²) in [5.41, 5.74) is -0.723. The number of carbonyl (C=O) groups excluding carboxylic acids is 2. The summed E-state index contributed by atoms with van der Waals surface area (Å²) >= 11 is 0. The zero-order valence-corrected chi connectivity index (χ0v) is 15.2. The first kappa shape index (κ1) is 20.8. The second-order valence-electron chi connectivity index (χ2n) is 5.85. The van der Waals surface area contributed by atoms with Crippen molar-refractivity contribution in [1.82, 2.24) is 9.97 Å². The molecule has 7 nitrogen and oxygen atoms in total. The summed E-state index contributed by atoms with van der Waals surface area (Å²) in [6, 6.07) is 10.0. The van der Waals surface area contributed by atoms with E-state index in [2.05, 4.69) is 15.3 Å². The van der Waals surface area contributed by atoms with Crippen LogP contribution in [-0.4, -0.2) is 28.5 Å². The molecule has 0 aliphatic heterocycles. The maximum absolute atomic E-state index is 12.6. The van der Waals surface area contributed by atoms with Crippen LogP contribution in [0.15, 0.2) is 67.1 Å². The van der Waals surface area contributed by atoms with Gasteiger partial charge in [-0.05, 0) is 48.5 Å². The molecule has 0 aliphatic rings. The van der Waals surface area contributed by atoms with Gasteiger partial charge in [0, 0.05) is 18.1 Å². The summed E-state index contributed by atoms with van der Waals surface area (Å²) < 4.78 is 48.1. The van der Waals surface area contributed by atoms with Crippen molar-refractivity contribution in [3.8, 4) is 11.6 Å². The molecule has 1 amide bonds. The summed E-state index contributed by atoms with van der Waals surface area (Å²) in [5.74, 6) is -1.25. The fraction of sp³-hybridized carbons (Fsp3) is 0.100. The van der Waals surface area contributed by atoms with Gasteiger partial charge in [0.05, 0.1) is 11.8 Å². The van der Waals surface area contributed by atoms with Crippen molar-refractivity contribution in [3.05, 3.63) is 78.2 Å². The Labute approximate surface area is 168 Å². The Morgan fingerprint density at radius 3 is 2.40 bits per heavy atom. The minimum atomic E-state index is -4.47. The molecule has 154 valence electrons. The maximum Gasteiger partial charge on any atom is 0.416 e. The van der Waals surface area contributed by atoms with Crippen LogP contribution in [-0.2, 0) is 15.7 Å². The van der Waals surface area contributed by atoms with Crippen LogP contribution < -0.4 is 10.1 Å². The van der Waals surface area contributed by atoms with E-state index in [4.69, 9.17) is 9.47 Å². The Balaban J connectivity index is 1.58. The average Bonchev–Trinajstić information content (AvgIpc) is 2.73. The SMILES string of the molecule is O=C(COC(=O)c1cccnc1Oc1cccnc1)Nc1ccc(C(F)(F)F)cc1. The van der Waals surface area contributed by atoms with Gasteiger partial charge in [-0.15, -0.1) is 0 Å². The highest BCUT2D eigenvalue weighted by Gasteiger charge is 2.30. The number of nitrogens with one attached hydrogen (secondary N) is 1. The predicted molar refractivity (Wildman–Crippen MR) is 98.9 cm³/mol. The van der Waals surface area contributed by atoms with E-state index in [1.807, 2.05) is 0 Å². The van der Waals surface area contributed by atoms with Crippen molar-refractivity contribution >= 4 is 17.6 Å². The van der Waals surface area contributed by atoms with Gasteiger partial charge in [0.2, 0.25) is 5.88 Å². The molecular formula is C20H14F3N3O4. The summed E-state index contributed by atoms with van der Waals surface area (Å²) in [4.78, 5) is 32.1. The van der Waals surface area contributed by atoms with Crippen LogP contribution in [0.25, 0.3) is 0 Å². The molecule has 10 heteroatoms. The van der Waals surface area contributed by atoms with Crippen molar-refractivity contribution < 1.29 is 32.2 Å². The number of pyridine rings is 2. The molecule has 3 aromatic rings. The Morgan fingerprint density at radius 1 is 1.00 bits per heavy atom. The van der Waals surface area contributed by atoms with Gasteiger partial charge in [0.25, 0.3) is 5.91 Å². The van der Waals surface area contributed by atoms with Gasteiger partial charge >= 0.3 is 12.1 Å². The third-order valence-corrected chi connectivity index (χ3v) is 3.67. The van der Waals surface area contributed by atoms with E-state index in [-0.39, 0.29) is 17.1 Å². The molecule has 2 heterocycles. The van der Waals surface area contributed by atoms with E-state index in [0.29, 0.717) is 5.75 Å². The van der Waals surface area contributed by atoms with Gasteiger partial charge in [-0.3, -0.25) is 9.78 Å². The van der Waals surface area contributed by atoms with Crippen LogP contribution in [0.2, 0.25) is 0 Å². The van der Waals surface area contributed by atoms with Crippen molar-refractivity contribution in [2.75, 3.05) is 11.9 Å². The van der Waals surface area contributed by atoms with E-state index in [1.54, 1.807) is 18.3 Å². The normalized spacial score (nSPS) is 10.9. The number of alkyl halides is 3. The third-order valence-electron chi connectivity index (χ3n) is 3.67. The number of hydrogen-bond acceptors (Lipinski definition) is 6. The quantitative estimate of drug-likeness (QED) is 0.608. The van der Waals surface area contributed by atoms with Crippen LogP contribution >= 0.6 is 0 Å². The van der Waals surface area contributed by atoms with Crippen molar-refractivity contribution in [2.45, 2.75) is 6.18 Å². The predicted octanol–water partition coefficient (Wildman–Crippen LogP) is 4.08. The molecule has 0 spiro atoms. The summed E-state index contributed by atoms with van der Waals surface area (Å²) in [6.45, 7) is -0.652. The number of nitrogens with zero attached hydrogens (tertiary/aromatic N) is 2. The highest BCUT2D eigenvalue weighted by Crippen LogP contribution is 2.29. The van der Waals surface area contributed by atoms with Crippen LogP contribution in [0, 0.1) is 0 Å². The number of hydrogen-bond donors (Lipinski definition) is 1. The number of aromatic nitrogens is 2. The summed E-state index contributed by atoms with van der Waals surface area (Å²) in [7, 11) is 0. The lowest BCUT2D eigenvalue weighted by Gasteiger charge is -2.10. The zero-order chi connectivity index (χ0) is 21.6. The van der Waals surface area contributed by atoms with E-state index in [9.17, 15) is 22.8 Å². The smallest absolute Gasteiger partial charge is 0.416 e. The number of esters is 1. The molecular weight excluding hydrogens is 403 g/mol. The van der Waals surface area contributed by atoms with E-state index in [1.165, 1.54) is 24.5 Å². The molecule has 1 aromatic carbocycles. The Bertz CT molecular complexity index is 1030. The fourth-order valence-electron chi connectivity index (χ4n) is 2.30. The molecule has 0 radical (unpaired) electrons. The molecule has 0 saturated heterocycles. The molecule has 0 atom stereocenters. The third kappa shape index (κ3) is 5.53. The van der Waals surface area contributed by atoms with Gasteiger partial charge in [-0.1, -0.05) is 0 Å². The molecule has 2 aromatic heterocycles. The molecule has 0 unspecified atom stereocenters. The topological polar surface area (TPSA) is 90.4 Å². The highest BCUT2D eigenvalue weighted by atomic mass is 19.4. The Morgan fingerprint density at radius 2 is 1.73 bits per heavy atom. The zero-order valence-electron chi connectivity index (χ0n) is 15.2. The number of ether oxygens (including phenoxy) is 2. The monoisotopic (exact) mass is 417 g/mol. The first-order valence-corrected chi connectivity index (χ1v) is 8.50. The number of carbonyl (C=O) groups is 2. The van der Waals surface area contributed by atoms with Gasteiger partial charge in [-0.2, -0.15) is 13.2 Å². The Kier molecular flexibility index (Phi) is 6.26. The standard InChI is InChI=1S/C20H14F3N3O4/c21-20(22,23)13-5-7-14(8-6-13)26-17(27)12-29-19(28)16-4-2-10-25-18(16)30-15-3-1-9-24-11-15/h1-11H,12H2,(H,26,27). The highest BCUT2D eigenvalue weighted by molar-refractivity contribution is 5.96. The van der Waals surface area contributed by atoms with Gasteiger partial charge in [0.1, 0.15) is 11.3 Å². The lowest BCUT2D eigenvalue weighted by atomic mass is 10.2. The first-order chi connectivity index (χ1) is 14.3. The summed E-state index contributed by atoms with van der Waals surface area (Å²) in [5, 5.41) is 2.34. The van der Waals surface area contributed by atoms with Crippen LogP contribution in [0.3, 0.4) is 0 Å². The molecule has 0 saturated carbocycles. The van der Waals surface area contributed by atoms with Crippen molar-refractivity contribution in [3.63, 3.8) is 0 Å². The van der Waals surface area contributed by atoms with Gasteiger partial charge < -0.3 is 14.8 Å². The molecule has 0 bridgehead atoms. The molecule has 0 aliphatic carbocycles. The minimum absolute atomic E-state index is 0.0105. The van der Waals surface area contributed by atoms with E-state index in [0.717, 1.165) is 24.3 Å². The molecule has 3 rings (SSSR count). The maximum atomic E-state index is 12.6. The largest absolute Gasteiger partial charge is 0.452 e. The van der Waals surface area contributed by atoms with Gasteiger partial charge in [-0.25, -0.2) is 9.78 Å². The minimum Gasteiger partial charge on any atom is -0.452 e. The number of anilines is 1. The van der Waals surface area contributed by atoms with Gasteiger partial charge in [0.15, 0.2) is 6.61 Å². The lowest BCUT2D eigenvalue weighted by molar-refractivity contribution is -0.137. The van der Waals surface area contributed by atoms with Crippen LogP contribution in [0.4, 0.5) is 18.9 Å². The number of rotatable bonds is 6. The van der Waals surface area contributed by atoms with Crippen molar-refractivity contribution in [2.24, 2.45) is 0 Å². The molecule has 30 heavy (non-hydrogen) atoms. The number of benzene rings is 1. The Hall–Kier alpha value is -3.95. The average molecular weight is 417 g/mol. The second-order valence-corrected chi connectivity index (χ2v) is 5.85. The lowest BCUT2D eigenvalue weighted by Crippen LogP contribution is -2.21. The van der Waals surface area contributed by atoms with Crippen molar-refractivity contribution in [1.29, 1.82) is 0 Å². The number of halogens is 3. The molecule has 0 fully saturated rings. The second kappa shape index (κ2) is 9.03. The van der Waals surface area contributed by atoms with Crippen LogP contribution in [0.5, 0.6) is 11.6 Å².